The minimum Gasteiger partial charge on any atom is -0.338 e. The van der Waals surface area contributed by atoms with Crippen LogP contribution in [0.15, 0.2) is 42.6 Å². The predicted octanol–water partition coefficient (Wildman–Crippen LogP) is 3.83. The summed E-state index contributed by atoms with van der Waals surface area (Å²) < 4.78 is 31.0. The van der Waals surface area contributed by atoms with Gasteiger partial charge >= 0.3 is 0 Å². The van der Waals surface area contributed by atoms with Crippen LogP contribution in [0, 0.1) is 25.5 Å². The van der Waals surface area contributed by atoms with Crippen LogP contribution in [0.4, 0.5) is 8.78 Å². The fraction of sp³-hybridized carbons (Fsp3) is 0.304. The summed E-state index contributed by atoms with van der Waals surface area (Å²) in [4.78, 5) is 15.1. The van der Waals surface area contributed by atoms with Crippen molar-refractivity contribution in [3.8, 4) is 5.69 Å². The lowest BCUT2D eigenvalue weighted by molar-refractivity contribution is 0.0709. The topological polar surface area (TPSA) is 68.3 Å². The van der Waals surface area contributed by atoms with Crippen molar-refractivity contribution in [3.05, 3.63) is 77.0 Å². The van der Waals surface area contributed by atoms with Gasteiger partial charge in [-0.2, -0.15) is 5.10 Å². The molecule has 0 spiro atoms. The van der Waals surface area contributed by atoms with Crippen LogP contribution in [0.2, 0.25) is 0 Å². The van der Waals surface area contributed by atoms with Crippen molar-refractivity contribution in [1.29, 1.82) is 0 Å². The molecular weight excluding hydrogens is 414 g/mol. The predicted molar refractivity (Wildman–Crippen MR) is 114 cm³/mol. The van der Waals surface area contributed by atoms with E-state index in [1.807, 2.05) is 33.7 Å². The van der Waals surface area contributed by atoms with Crippen molar-refractivity contribution >= 4 is 11.6 Å². The van der Waals surface area contributed by atoms with Crippen molar-refractivity contribution in [2.45, 2.75) is 32.6 Å². The first kappa shape index (κ1) is 20.3. The highest BCUT2D eigenvalue weighted by molar-refractivity contribution is 5.96. The van der Waals surface area contributed by atoms with Gasteiger partial charge in [0.25, 0.3) is 5.91 Å². The number of aryl methyl sites for hydroxylation is 1. The molecule has 164 valence electrons. The lowest BCUT2D eigenvalue weighted by Gasteiger charge is -2.31. The van der Waals surface area contributed by atoms with E-state index < -0.39 is 11.6 Å². The normalized spacial score (nSPS) is 14.9. The molecule has 0 bridgehead atoms. The van der Waals surface area contributed by atoms with E-state index in [2.05, 4.69) is 15.3 Å². The third kappa shape index (κ3) is 3.34. The average molecular weight is 436 g/mol. The van der Waals surface area contributed by atoms with Gasteiger partial charge in [0.1, 0.15) is 17.3 Å². The Bertz CT molecular complexity index is 1320. The van der Waals surface area contributed by atoms with Gasteiger partial charge in [0.2, 0.25) is 0 Å². The molecular formula is C23H22F2N6O. The third-order valence-corrected chi connectivity index (χ3v) is 6.13. The lowest BCUT2D eigenvalue weighted by Crippen LogP contribution is -2.38. The summed E-state index contributed by atoms with van der Waals surface area (Å²) in [5, 5.41) is 13.0. The van der Waals surface area contributed by atoms with E-state index in [0.29, 0.717) is 30.0 Å². The highest BCUT2D eigenvalue weighted by Gasteiger charge is 2.30. The number of amides is 1. The summed E-state index contributed by atoms with van der Waals surface area (Å²) in [7, 11) is 0. The zero-order chi connectivity index (χ0) is 22.4. The van der Waals surface area contributed by atoms with Crippen LogP contribution < -0.4 is 0 Å². The van der Waals surface area contributed by atoms with E-state index in [1.54, 1.807) is 13.8 Å². The average Bonchev–Trinajstić information content (AvgIpc) is 3.34. The molecule has 4 aromatic rings. The molecule has 1 amide bonds. The lowest BCUT2D eigenvalue weighted by atomic mass is 9.95. The van der Waals surface area contributed by atoms with E-state index in [0.717, 1.165) is 30.4 Å². The maximum Gasteiger partial charge on any atom is 0.257 e. The number of nitrogens with zero attached hydrogens (tertiary/aromatic N) is 6. The number of carbonyl (C=O) groups is 1. The highest BCUT2D eigenvalue weighted by Crippen LogP contribution is 2.29. The van der Waals surface area contributed by atoms with Crippen molar-refractivity contribution in [3.63, 3.8) is 0 Å². The van der Waals surface area contributed by atoms with Gasteiger partial charge in [-0.25, -0.2) is 13.5 Å². The standard InChI is InChI=1S/C23H22F2N6O/c1-14-21(15(2)31(28-14)19-7-6-17(24)13-18(19)25)23(32)29-11-8-16(9-12-29)22-27-26-20-5-3-4-10-30(20)22/h3-7,10,13,16H,8-9,11-12H2,1-2H3. The molecule has 1 aromatic carbocycles. The number of fused-ring (bicyclic) bond motifs is 1. The zero-order valence-corrected chi connectivity index (χ0v) is 17.8. The van der Waals surface area contributed by atoms with Crippen molar-refractivity contribution in [2.24, 2.45) is 0 Å². The number of piperidine rings is 1. The van der Waals surface area contributed by atoms with E-state index in [1.165, 1.54) is 16.8 Å². The molecule has 4 heterocycles. The van der Waals surface area contributed by atoms with Gasteiger partial charge in [-0.05, 0) is 51.0 Å². The van der Waals surface area contributed by atoms with E-state index in [4.69, 9.17) is 0 Å². The molecule has 7 nitrogen and oxygen atoms in total. The Hall–Kier alpha value is -3.62. The van der Waals surface area contributed by atoms with Gasteiger partial charge in [0.15, 0.2) is 11.5 Å². The van der Waals surface area contributed by atoms with Gasteiger partial charge < -0.3 is 4.90 Å². The van der Waals surface area contributed by atoms with Gasteiger partial charge in [-0.3, -0.25) is 9.20 Å². The first-order valence-corrected chi connectivity index (χ1v) is 10.5. The second-order valence-corrected chi connectivity index (χ2v) is 8.11. The van der Waals surface area contributed by atoms with Crippen LogP contribution in [0.5, 0.6) is 0 Å². The van der Waals surface area contributed by atoms with Crippen LogP contribution in [-0.4, -0.2) is 48.3 Å². The molecule has 0 unspecified atom stereocenters. The summed E-state index contributed by atoms with van der Waals surface area (Å²) in [5.41, 5.74) is 2.43. The van der Waals surface area contributed by atoms with Gasteiger partial charge in [-0.15, -0.1) is 10.2 Å². The third-order valence-electron chi connectivity index (χ3n) is 6.13. The van der Waals surface area contributed by atoms with Gasteiger partial charge in [0.05, 0.1) is 17.0 Å². The summed E-state index contributed by atoms with van der Waals surface area (Å²) in [6.45, 7) is 4.62. The molecule has 1 fully saturated rings. The number of rotatable bonds is 3. The fourth-order valence-corrected chi connectivity index (χ4v) is 4.48. The molecule has 0 atom stereocenters. The minimum absolute atomic E-state index is 0.114. The van der Waals surface area contributed by atoms with Crippen LogP contribution in [0.3, 0.4) is 0 Å². The van der Waals surface area contributed by atoms with Gasteiger partial charge in [-0.1, -0.05) is 6.07 Å². The molecule has 1 aliphatic heterocycles. The number of benzene rings is 1. The van der Waals surface area contributed by atoms with Crippen LogP contribution in [0.25, 0.3) is 11.3 Å². The maximum atomic E-state index is 14.3. The first-order valence-electron chi connectivity index (χ1n) is 10.5. The molecule has 0 radical (unpaired) electrons. The quantitative estimate of drug-likeness (QED) is 0.490. The largest absolute Gasteiger partial charge is 0.338 e. The maximum absolute atomic E-state index is 14.3. The number of hydrogen-bond acceptors (Lipinski definition) is 4. The van der Waals surface area contributed by atoms with Crippen LogP contribution in [0.1, 0.15) is 46.3 Å². The Kier molecular flexibility index (Phi) is 4.96. The van der Waals surface area contributed by atoms with E-state index >= 15 is 0 Å². The first-order chi connectivity index (χ1) is 15.4. The molecule has 0 saturated carbocycles. The zero-order valence-electron chi connectivity index (χ0n) is 17.8. The van der Waals surface area contributed by atoms with E-state index in [9.17, 15) is 13.6 Å². The van der Waals surface area contributed by atoms with Gasteiger partial charge in [0, 0.05) is 31.3 Å². The molecule has 1 aliphatic rings. The Morgan fingerprint density at radius 1 is 1.06 bits per heavy atom. The smallest absolute Gasteiger partial charge is 0.257 e. The molecule has 0 N–H and O–H groups in total. The SMILES string of the molecule is Cc1nn(-c2ccc(F)cc2F)c(C)c1C(=O)N1CCC(c2nnc3ccccn23)CC1. The summed E-state index contributed by atoms with van der Waals surface area (Å²) in [6.07, 6.45) is 3.51. The molecule has 5 rings (SSSR count). The van der Waals surface area contributed by atoms with Crippen LogP contribution >= 0.6 is 0 Å². The van der Waals surface area contributed by atoms with Crippen LogP contribution in [-0.2, 0) is 0 Å². The van der Waals surface area contributed by atoms with Crippen molar-refractivity contribution in [1.82, 2.24) is 29.3 Å². The summed E-state index contributed by atoms with van der Waals surface area (Å²) in [6, 6.07) is 9.11. The highest BCUT2D eigenvalue weighted by atomic mass is 19.1. The second-order valence-electron chi connectivity index (χ2n) is 8.11. The molecule has 3 aromatic heterocycles. The molecule has 9 heteroatoms. The Balaban J connectivity index is 1.36. The minimum atomic E-state index is -0.726. The second kappa shape index (κ2) is 7.81. The van der Waals surface area contributed by atoms with E-state index in [-0.39, 0.29) is 17.5 Å². The Morgan fingerprint density at radius 2 is 1.84 bits per heavy atom. The monoisotopic (exact) mass is 436 g/mol. The van der Waals surface area contributed by atoms with Crippen molar-refractivity contribution in [2.75, 3.05) is 13.1 Å². The summed E-state index contributed by atoms with van der Waals surface area (Å²) in [5.74, 6) is -0.379. The Morgan fingerprint density at radius 3 is 2.59 bits per heavy atom. The Labute approximate surface area is 183 Å². The number of hydrogen-bond donors (Lipinski definition) is 0. The number of halogens is 2. The molecule has 0 aliphatic carbocycles. The number of likely N-dealkylation sites (tertiary alicyclic amines) is 1. The number of pyridine rings is 1. The fourth-order valence-electron chi connectivity index (χ4n) is 4.48. The number of carbonyl (C=O) groups excluding carboxylic acids is 1. The molecule has 1 saturated heterocycles. The molecule has 32 heavy (non-hydrogen) atoms. The number of aromatic nitrogens is 5. The van der Waals surface area contributed by atoms with Crippen molar-refractivity contribution < 1.29 is 13.6 Å². The summed E-state index contributed by atoms with van der Waals surface area (Å²) >= 11 is 0.